The van der Waals surface area contributed by atoms with E-state index in [1.54, 1.807) is 32.0 Å². The summed E-state index contributed by atoms with van der Waals surface area (Å²) in [6, 6.07) is 7.74. The zero-order valence-corrected chi connectivity index (χ0v) is 25.8. The van der Waals surface area contributed by atoms with Gasteiger partial charge in [-0.3, -0.25) is 14.5 Å². The van der Waals surface area contributed by atoms with E-state index in [0.29, 0.717) is 48.5 Å². The van der Waals surface area contributed by atoms with Crippen LogP contribution >= 0.6 is 0 Å². The molecule has 0 saturated carbocycles. The van der Waals surface area contributed by atoms with Crippen molar-refractivity contribution in [2.75, 3.05) is 40.4 Å². The van der Waals surface area contributed by atoms with Gasteiger partial charge in [-0.05, 0) is 50.1 Å². The molecule has 4 rings (SSSR count). The second kappa shape index (κ2) is 15.3. The predicted molar refractivity (Wildman–Crippen MR) is 167 cm³/mol. The van der Waals surface area contributed by atoms with Crippen LogP contribution < -0.4 is 20.8 Å². The number of hydrogen-bond donors (Lipinski definition) is 1. The van der Waals surface area contributed by atoms with Crippen LogP contribution in [-0.2, 0) is 18.4 Å². The fourth-order valence-electron chi connectivity index (χ4n) is 5.89. The van der Waals surface area contributed by atoms with Crippen molar-refractivity contribution in [2.45, 2.75) is 77.3 Å². The number of amides is 1. The van der Waals surface area contributed by atoms with Crippen molar-refractivity contribution >= 4 is 16.9 Å². The van der Waals surface area contributed by atoms with Gasteiger partial charge in [0.25, 0.3) is 5.56 Å². The molecule has 1 aliphatic heterocycles. The summed E-state index contributed by atoms with van der Waals surface area (Å²) in [6.45, 7) is 5.71. The molecule has 1 aliphatic rings. The number of methoxy groups -OCH3 is 2. The number of piperazine rings is 1. The van der Waals surface area contributed by atoms with Gasteiger partial charge in [0.15, 0.2) is 11.5 Å². The minimum absolute atomic E-state index is 0.0979. The zero-order valence-electron chi connectivity index (χ0n) is 25.8. The van der Waals surface area contributed by atoms with Crippen LogP contribution in [0.3, 0.4) is 0 Å². The maximum absolute atomic E-state index is 13.0. The summed E-state index contributed by atoms with van der Waals surface area (Å²) < 4.78 is 18.8. The summed E-state index contributed by atoms with van der Waals surface area (Å²) in [4.78, 5) is 30.2. The third-order valence-electron chi connectivity index (χ3n) is 8.42. The first-order chi connectivity index (χ1) is 20.4. The van der Waals surface area contributed by atoms with Crippen molar-refractivity contribution in [1.82, 2.24) is 14.4 Å². The average Bonchev–Trinajstić information content (AvgIpc) is 3.42. The van der Waals surface area contributed by atoms with Crippen LogP contribution in [0, 0.1) is 0 Å². The summed E-state index contributed by atoms with van der Waals surface area (Å²) in [5.41, 5.74) is 7.71. The summed E-state index contributed by atoms with van der Waals surface area (Å²) in [7, 11) is 4.96. The number of unbranched alkanes of at least 4 members (excludes halogenated alkanes) is 7. The number of nitrogens with two attached hydrogens (primary N) is 1. The highest BCUT2D eigenvalue weighted by Gasteiger charge is 2.27. The van der Waals surface area contributed by atoms with Crippen LogP contribution in [0.2, 0.25) is 0 Å². The molecule has 3 aromatic rings. The molecule has 230 valence electrons. The van der Waals surface area contributed by atoms with E-state index >= 15 is 0 Å². The number of carbonyl (C=O) groups is 1. The molecule has 0 spiro atoms. The van der Waals surface area contributed by atoms with Crippen molar-refractivity contribution in [2.24, 2.45) is 12.8 Å². The van der Waals surface area contributed by atoms with E-state index in [1.165, 1.54) is 32.1 Å². The van der Waals surface area contributed by atoms with E-state index in [9.17, 15) is 9.59 Å². The molecule has 42 heavy (non-hydrogen) atoms. The molecule has 1 unspecified atom stereocenters. The Labute approximate surface area is 249 Å². The number of benzene rings is 1. The Hall–Kier alpha value is -3.30. The maximum atomic E-state index is 13.0. The number of carbonyl (C=O) groups excluding carboxylic acids is 1. The van der Waals surface area contributed by atoms with Crippen molar-refractivity contribution in [1.29, 1.82) is 0 Å². The molecule has 1 aromatic carbocycles. The Morgan fingerprint density at radius 1 is 0.976 bits per heavy atom. The number of nitrogens with zero attached hydrogens (tertiary/aromatic N) is 3. The van der Waals surface area contributed by atoms with E-state index in [1.807, 2.05) is 29.2 Å². The highest BCUT2D eigenvalue weighted by atomic mass is 16.5. The van der Waals surface area contributed by atoms with Crippen molar-refractivity contribution in [3.8, 4) is 22.6 Å². The molecule has 1 amide bonds. The topological polar surface area (TPSA) is 103 Å². The Morgan fingerprint density at radius 2 is 1.67 bits per heavy atom. The largest absolute Gasteiger partial charge is 0.493 e. The number of aryl methyl sites for hydroxylation is 1. The number of aromatic nitrogens is 1. The van der Waals surface area contributed by atoms with Gasteiger partial charge < -0.3 is 29.1 Å². The van der Waals surface area contributed by atoms with Crippen molar-refractivity contribution in [3.63, 3.8) is 0 Å². The van der Waals surface area contributed by atoms with Gasteiger partial charge >= 0.3 is 0 Å². The minimum Gasteiger partial charge on any atom is -0.493 e. The second-order valence-electron chi connectivity index (χ2n) is 11.5. The Balaban J connectivity index is 1.35. The Bertz CT molecular complexity index is 1380. The molecular formula is C33H48N4O5. The monoisotopic (exact) mass is 580 g/mol. The lowest BCUT2D eigenvalue weighted by atomic mass is 10.1. The van der Waals surface area contributed by atoms with Gasteiger partial charge in [-0.25, -0.2) is 0 Å². The van der Waals surface area contributed by atoms with E-state index in [-0.39, 0.29) is 17.5 Å². The number of pyridine rings is 1. The number of ether oxygens (including phenoxy) is 2. The van der Waals surface area contributed by atoms with Crippen LogP contribution in [0.15, 0.2) is 39.7 Å². The van der Waals surface area contributed by atoms with E-state index in [2.05, 4.69) is 11.8 Å². The Morgan fingerprint density at radius 3 is 2.33 bits per heavy atom. The number of rotatable bonds is 15. The van der Waals surface area contributed by atoms with E-state index in [4.69, 9.17) is 19.6 Å². The van der Waals surface area contributed by atoms with Crippen LogP contribution in [0.5, 0.6) is 11.5 Å². The van der Waals surface area contributed by atoms with Crippen molar-refractivity contribution in [3.05, 3.63) is 46.6 Å². The molecule has 0 radical (unpaired) electrons. The SMILES string of the molecule is COc1ccc(-c2cn(C)c(=O)c3cc(CN4CCN(C(=O)CCCCCCCCCCN)CC4C)oc23)cc1OC. The first-order valence-corrected chi connectivity index (χ1v) is 15.4. The second-order valence-corrected chi connectivity index (χ2v) is 11.5. The lowest BCUT2D eigenvalue weighted by molar-refractivity contribution is -0.134. The Kier molecular flexibility index (Phi) is 11.5. The van der Waals surface area contributed by atoms with Gasteiger partial charge in [-0.2, -0.15) is 0 Å². The standard InChI is InChI=1S/C33H48N4O5/c1-24-21-37(31(38)13-11-9-7-5-6-8-10-12-16-34)18-17-36(24)22-26-20-27-32(42-26)28(23-35(2)33(27)39)25-14-15-29(40-3)30(19-25)41-4/h14-15,19-20,23-24H,5-13,16-18,21-22,34H2,1-4H3. The lowest BCUT2D eigenvalue weighted by Crippen LogP contribution is -2.53. The lowest BCUT2D eigenvalue weighted by Gasteiger charge is -2.39. The molecule has 1 saturated heterocycles. The quantitative estimate of drug-likeness (QED) is 0.243. The third-order valence-corrected chi connectivity index (χ3v) is 8.42. The average molecular weight is 581 g/mol. The van der Waals surface area contributed by atoms with Crippen LogP contribution in [0.1, 0.15) is 70.5 Å². The third kappa shape index (κ3) is 7.75. The molecule has 1 fully saturated rings. The fourth-order valence-corrected chi connectivity index (χ4v) is 5.89. The highest BCUT2D eigenvalue weighted by molar-refractivity contribution is 5.92. The zero-order chi connectivity index (χ0) is 30.1. The van der Waals surface area contributed by atoms with E-state index < -0.39 is 0 Å². The fraction of sp³-hybridized carbons (Fsp3) is 0.576. The summed E-state index contributed by atoms with van der Waals surface area (Å²) >= 11 is 0. The van der Waals surface area contributed by atoms with Gasteiger partial charge in [0.05, 0.1) is 26.2 Å². The smallest absolute Gasteiger partial charge is 0.261 e. The van der Waals surface area contributed by atoms with Crippen LogP contribution in [-0.4, -0.2) is 66.7 Å². The van der Waals surface area contributed by atoms with Crippen LogP contribution in [0.4, 0.5) is 0 Å². The number of fused-ring (bicyclic) bond motifs is 1. The molecule has 9 nitrogen and oxygen atoms in total. The van der Waals surface area contributed by atoms with Gasteiger partial charge in [-0.1, -0.05) is 44.6 Å². The highest BCUT2D eigenvalue weighted by Crippen LogP contribution is 2.35. The molecule has 3 heterocycles. The summed E-state index contributed by atoms with van der Waals surface area (Å²) in [6.07, 6.45) is 11.9. The first kappa shape index (κ1) is 31.6. The normalized spacial score (nSPS) is 15.8. The number of furan rings is 1. The molecule has 9 heteroatoms. The molecule has 2 aromatic heterocycles. The molecular weight excluding hydrogens is 532 g/mol. The van der Waals surface area contributed by atoms with Crippen LogP contribution in [0.25, 0.3) is 22.1 Å². The molecule has 2 N–H and O–H groups in total. The first-order valence-electron chi connectivity index (χ1n) is 15.4. The predicted octanol–water partition coefficient (Wildman–Crippen LogP) is 5.32. The van der Waals surface area contributed by atoms with Gasteiger partial charge in [0.1, 0.15) is 11.3 Å². The van der Waals surface area contributed by atoms with Gasteiger partial charge in [0.2, 0.25) is 5.91 Å². The van der Waals surface area contributed by atoms with Gasteiger partial charge in [0, 0.05) is 50.9 Å². The molecule has 0 aliphatic carbocycles. The maximum Gasteiger partial charge on any atom is 0.261 e. The number of hydrogen-bond acceptors (Lipinski definition) is 7. The molecule has 0 bridgehead atoms. The summed E-state index contributed by atoms with van der Waals surface area (Å²) in [5.74, 6) is 2.25. The van der Waals surface area contributed by atoms with Gasteiger partial charge in [-0.15, -0.1) is 0 Å². The van der Waals surface area contributed by atoms with Crippen molar-refractivity contribution < 1.29 is 18.7 Å². The summed E-state index contributed by atoms with van der Waals surface area (Å²) in [5, 5.41) is 0.553. The minimum atomic E-state index is -0.0979. The molecule has 1 atom stereocenters. The van der Waals surface area contributed by atoms with E-state index in [0.717, 1.165) is 49.2 Å².